The standard InChI is InChI=1S/C18H22/c1-4-9-16-11-8-13-17(14(16)3)18-12-7-6-10-15(18)5-2/h6-8,10-13H,4-5,9H2,1-3H3. The van der Waals surface area contributed by atoms with Gasteiger partial charge in [0.2, 0.25) is 0 Å². The lowest BCUT2D eigenvalue weighted by atomic mass is 9.91. The van der Waals surface area contributed by atoms with E-state index in [4.69, 9.17) is 0 Å². The summed E-state index contributed by atoms with van der Waals surface area (Å²) in [5.74, 6) is 0. The highest BCUT2D eigenvalue weighted by Crippen LogP contribution is 2.29. The van der Waals surface area contributed by atoms with Crippen LogP contribution in [0.2, 0.25) is 0 Å². The minimum Gasteiger partial charge on any atom is -0.0651 e. The second-order valence-electron chi connectivity index (χ2n) is 4.85. The van der Waals surface area contributed by atoms with Crippen LogP contribution in [-0.4, -0.2) is 0 Å². The molecule has 94 valence electrons. The van der Waals surface area contributed by atoms with Crippen LogP contribution < -0.4 is 0 Å². The van der Waals surface area contributed by atoms with E-state index >= 15 is 0 Å². The molecule has 0 unspecified atom stereocenters. The van der Waals surface area contributed by atoms with E-state index in [2.05, 4.69) is 63.2 Å². The van der Waals surface area contributed by atoms with Gasteiger partial charge in [0.15, 0.2) is 0 Å². The normalized spacial score (nSPS) is 10.6. The summed E-state index contributed by atoms with van der Waals surface area (Å²) in [5, 5.41) is 0. The Kier molecular flexibility index (Phi) is 4.19. The van der Waals surface area contributed by atoms with Crippen LogP contribution in [0.25, 0.3) is 11.1 Å². The van der Waals surface area contributed by atoms with Crippen LogP contribution in [0, 0.1) is 6.92 Å². The monoisotopic (exact) mass is 238 g/mol. The summed E-state index contributed by atoms with van der Waals surface area (Å²) in [4.78, 5) is 0. The number of hydrogen-bond acceptors (Lipinski definition) is 0. The Morgan fingerprint density at radius 3 is 2.17 bits per heavy atom. The fraction of sp³-hybridized carbons (Fsp3) is 0.333. The second kappa shape index (κ2) is 5.86. The molecule has 0 N–H and O–H groups in total. The summed E-state index contributed by atoms with van der Waals surface area (Å²) >= 11 is 0. The van der Waals surface area contributed by atoms with Crippen molar-refractivity contribution in [2.45, 2.75) is 40.0 Å². The maximum atomic E-state index is 2.26. The maximum Gasteiger partial charge on any atom is -0.0149 e. The molecule has 0 aliphatic rings. The molecule has 0 aromatic heterocycles. The summed E-state index contributed by atoms with van der Waals surface area (Å²) in [6.07, 6.45) is 3.47. The zero-order chi connectivity index (χ0) is 13.0. The summed E-state index contributed by atoms with van der Waals surface area (Å²) in [5.41, 5.74) is 7.17. The Balaban J connectivity index is 2.53. The molecule has 2 rings (SSSR count). The Morgan fingerprint density at radius 2 is 1.44 bits per heavy atom. The van der Waals surface area contributed by atoms with Crippen molar-refractivity contribution in [2.24, 2.45) is 0 Å². The lowest BCUT2D eigenvalue weighted by Gasteiger charge is -2.14. The Bertz CT molecular complexity index is 523. The van der Waals surface area contributed by atoms with Gasteiger partial charge in [-0.05, 0) is 47.6 Å². The molecule has 0 heterocycles. The van der Waals surface area contributed by atoms with Crippen molar-refractivity contribution in [1.29, 1.82) is 0 Å². The summed E-state index contributed by atoms with van der Waals surface area (Å²) in [6.45, 7) is 6.73. The average molecular weight is 238 g/mol. The maximum absolute atomic E-state index is 2.26. The van der Waals surface area contributed by atoms with Crippen LogP contribution in [-0.2, 0) is 12.8 Å². The zero-order valence-corrected chi connectivity index (χ0v) is 11.7. The van der Waals surface area contributed by atoms with E-state index in [1.54, 1.807) is 0 Å². The average Bonchev–Trinajstić information content (AvgIpc) is 2.41. The molecular weight excluding hydrogens is 216 g/mol. The third kappa shape index (κ3) is 2.48. The highest BCUT2D eigenvalue weighted by Gasteiger charge is 2.08. The van der Waals surface area contributed by atoms with Crippen molar-refractivity contribution in [3.63, 3.8) is 0 Å². The Hall–Kier alpha value is -1.56. The van der Waals surface area contributed by atoms with Crippen molar-refractivity contribution < 1.29 is 0 Å². The number of benzene rings is 2. The molecule has 2 aromatic rings. The molecule has 0 radical (unpaired) electrons. The molecule has 18 heavy (non-hydrogen) atoms. The first-order valence-corrected chi connectivity index (χ1v) is 6.94. The molecule has 0 saturated heterocycles. The molecule has 0 spiro atoms. The lowest BCUT2D eigenvalue weighted by molar-refractivity contribution is 0.913. The molecule has 0 aliphatic carbocycles. The topological polar surface area (TPSA) is 0 Å². The third-order valence-corrected chi connectivity index (χ3v) is 3.65. The van der Waals surface area contributed by atoms with Crippen molar-refractivity contribution >= 4 is 0 Å². The minimum atomic E-state index is 1.09. The predicted octanol–water partition coefficient (Wildman–Crippen LogP) is 5.18. The van der Waals surface area contributed by atoms with Crippen molar-refractivity contribution in [3.05, 3.63) is 59.2 Å². The van der Waals surface area contributed by atoms with E-state index in [1.165, 1.54) is 40.7 Å². The molecule has 0 nitrogen and oxygen atoms in total. The van der Waals surface area contributed by atoms with E-state index in [9.17, 15) is 0 Å². The van der Waals surface area contributed by atoms with Crippen LogP contribution >= 0.6 is 0 Å². The van der Waals surface area contributed by atoms with E-state index in [0.717, 1.165) is 6.42 Å². The summed E-state index contributed by atoms with van der Waals surface area (Å²) in [6, 6.07) is 15.5. The fourth-order valence-corrected chi connectivity index (χ4v) is 2.61. The van der Waals surface area contributed by atoms with Crippen molar-refractivity contribution in [2.75, 3.05) is 0 Å². The first kappa shape index (κ1) is 12.9. The highest BCUT2D eigenvalue weighted by molar-refractivity contribution is 5.71. The van der Waals surface area contributed by atoms with Gasteiger partial charge in [0.25, 0.3) is 0 Å². The predicted molar refractivity (Wildman–Crippen MR) is 80.0 cm³/mol. The van der Waals surface area contributed by atoms with E-state index in [-0.39, 0.29) is 0 Å². The van der Waals surface area contributed by atoms with Gasteiger partial charge < -0.3 is 0 Å². The number of hydrogen-bond donors (Lipinski definition) is 0. The van der Waals surface area contributed by atoms with Gasteiger partial charge in [-0.1, -0.05) is 62.7 Å². The third-order valence-electron chi connectivity index (χ3n) is 3.65. The zero-order valence-electron chi connectivity index (χ0n) is 11.7. The molecule has 0 atom stereocenters. The molecular formula is C18H22. The number of rotatable bonds is 4. The van der Waals surface area contributed by atoms with E-state index in [0.29, 0.717) is 0 Å². The SMILES string of the molecule is CCCc1cccc(-c2ccccc2CC)c1C. The molecule has 0 heteroatoms. The van der Waals surface area contributed by atoms with Gasteiger partial charge in [0.05, 0.1) is 0 Å². The van der Waals surface area contributed by atoms with Gasteiger partial charge in [-0.25, -0.2) is 0 Å². The Labute approximate surface area is 111 Å². The van der Waals surface area contributed by atoms with Gasteiger partial charge in [-0.2, -0.15) is 0 Å². The van der Waals surface area contributed by atoms with Gasteiger partial charge in [0.1, 0.15) is 0 Å². The van der Waals surface area contributed by atoms with Gasteiger partial charge >= 0.3 is 0 Å². The van der Waals surface area contributed by atoms with Crippen LogP contribution in [0.1, 0.15) is 37.0 Å². The molecule has 0 bridgehead atoms. The Morgan fingerprint density at radius 1 is 0.778 bits per heavy atom. The van der Waals surface area contributed by atoms with Crippen LogP contribution in [0.15, 0.2) is 42.5 Å². The largest absolute Gasteiger partial charge is 0.0651 e. The van der Waals surface area contributed by atoms with Crippen molar-refractivity contribution in [3.8, 4) is 11.1 Å². The van der Waals surface area contributed by atoms with Crippen molar-refractivity contribution in [1.82, 2.24) is 0 Å². The molecule has 0 aliphatic heterocycles. The summed E-state index contributed by atoms with van der Waals surface area (Å²) in [7, 11) is 0. The quantitative estimate of drug-likeness (QED) is 0.688. The van der Waals surface area contributed by atoms with Gasteiger partial charge in [-0.15, -0.1) is 0 Å². The van der Waals surface area contributed by atoms with E-state index < -0.39 is 0 Å². The smallest absolute Gasteiger partial charge is 0.0149 e. The fourth-order valence-electron chi connectivity index (χ4n) is 2.61. The van der Waals surface area contributed by atoms with Gasteiger partial charge in [-0.3, -0.25) is 0 Å². The van der Waals surface area contributed by atoms with Crippen LogP contribution in [0.3, 0.4) is 0 Å². The first-order valence-electron chi connectivity index (χ1n) is 6.94. The lowest BCUT2D eigenvalue weighted by Crippen LogP contribution is -1.94. The summed E-state index contributed by atoms with van der Waals surface area (Å²) < 4.78 is 0. The minimum absolute atomic E-state index is 1.09. The second-order valence-corrected chi connectivity index (χ2v) is 4.85. The molecule has 0 fully saturated rings. The molecule has 0 saturated carbocycles. The van der Waals surface area contributed by atoms with Crippen LogP contribution in [0.4, 0.5) is 0 Å². The highest BCUT2D eigenvalue weighted by atomic mass is 14.1. The van der Waals surface area contributed by atoms with Crippen LogP contribution in [0.5, 0.6) is 0 Å². The first-order chi connectivity index (χ1) is 8.77. The molecule has 0 amide bonds. The van der Waals surface area contributed by atoms with Gasteiger partial charge in [0, 0.05) is 0 Å². The number of aryl methyl sites for hydroxylation is 2. The molecule has 2 aromatic carbocycles. The van der Waals surface area contributed by atoms with E-state index in [1.807, 2.05) is 0 Å².